The predicted molar refractivity (Wildman–Crippen MR) is 84.7 cm³/mol. The van der Waals surface area contributed by atoms with E-state index in [1.807, 2.05) is 24.3 Å². The number of hydrogen-bond donors (Lipinski definition) is 2. The molecule has 2 saturated heterocycles. The number of carbonyl (C=O) groups is 2. The van der Waals surface area contributed by atoms with Crippen molar-refractivity contribution >= 4 is 23.5 Å². The summed E-state index contributed by atoms with van der Waals surface area (Å²) >= 11 is 5.90. The number of benzene rings is 1. The number of nitrogens with one attached hydrogen (secondary N) is 2. The van der Waals surface area contributed by atoms with Crippen LogP contribution in [0.2, 0.25) is 5.02 Å². The molecule has 1 aromatic carbocycles. The van der Waals surface area contributed by atoms with Crippen LogP contribution in [-0.2, 0) is 4.79 Å². The van der Waals surface area contributed by atoms with Gasteiger partial charge in [0.1, 0.15) is 6.04 Å². The number of carbonyl (C=O) groups excluding carboxylic acids is 2. The zero-order valence-corrected chi connectivity index (χ0v) is 13.1. The Labute approximate surface area is 135 Å². The number of hydrogen-bond acceptors (Lipinski definition) is 2. The molecule has 3 rings (SSSR count). The SMILES string of the molecule is O=C1NCCCC[C@@H]1NC(=O)N1CC[C@@H]1c1ccc(Cl)cc1. The molecule has 6 heteroatoms. The summed E-state index contributed by atoms with van der Waals surface area (Å²) in [6, 6.07) is 7.07. The average Bonchev–Trinajstić information content (AvgIpc) is 2.65. The number of rotatable bonds is 2. The summed E-state index contributed by atoms with van der Waals surface area (Å²) in [5.41, 5.74) is 1.08. The monoisotopic (exact) mass is 321 g/mol. The van der Waals surface area contributed by atoms with E-state index in [4.69, 9.17) is 11.6 Å². The number of likely N-dealkylation sites (tertiary alicyclic amines) is 1. The lowest BCUT2D eigenvalue weighted by atomic mass is 9.95. The molecule has 0 radical (unpaired) electrons. The Hall–Kier alpha value is -1.75. The highest BCUT2D eigenvalue weighted by Gasteiger charge is 2.35. The molecule has 2 atom stereocenters. The van der Waals surface area contributed by atoms with Gasteiger partial charge in [0.2, 0.25) is 5.91 Å². The first-order chi connectivity index (χ1) is 10.6. The maximum atomic E-state index is 12.4. The van der Waals surface area contributed by atoms with Gasteiger partial charge in [0, 0.05) is 18.1 Å². The summed E-state index contributed by atoms with van der Waals surface area (Å²) in [5, 5.41) is 6.40. The average molecular weight is 322 g/mol. The maximum absolute atomic E-state index is 12.4. The third kappa shape index (κ3) is 3.19. The Balaban J connectivity index is 1.62. The summed E-state index contributed by atoms with van der Waals surface area (Å²) in [6.07, 6.45) is 3.56. The standard InChI is InChI=1S/C16H20ClN3O2/c17-12-6-4-11(5-7-12)14-8-10-20(14)16(22)19-13-3-1-2-9-18-15(13)21/h4-7,13-14H,1-3,8-10H2,(H,18,21)(H,19,22)/t13-,14+/m0/s1. The molecule has 0 spiro atoms. The van der Waals surface area contributed by atoms with Gasteiger partial charge in [0.25, 0.3) is 0 Å². The van der Waals surface area contributed by atoms with E-state index in [0.29, 0.717) is 24.5 Å². The molecule has 118 valence electrons. The lowest BCUT2D eigenvalue weighted by Crippen LogP contribution is -2.55. The fourth-order valence-electron chi connectivity index (χ4n) is 2.97. The molecule has 0 saturated carbocycles. The van der Waals surface area contributed by atoms with Crippen LogP contribution in [0.5, 0.6) is 0 Å². The van der Waals surface area contributed by atoms with E-state index in [-0.39, 0.29) is 18.0 Å². The van der Waals surface area contributed by atoms with E-state index in [1.54, 1.807) is 4.90 Å². The minimum Gasteiger partial charge on any atom is -0.354 e. The second-order valence-electron chi connectivity index (χ2n) is 5.84. The summed E-state index contributed by atoms with van der Waals surface area (Å²) < 4.78 is 0. The molecule has 22 heavy (non-hydrogen) atoms. The van der Waals surface area contributed by atoms with Crippen molar-refractivity contribution < 1.29 is 9.59 Å². The topological polar surface area (TPSA) is 61.4 Å². The second-order valence-corrected chi connectivity index (χ2v) is 6.27. The van der Waals surface area contributed by atoms with Crippen LogP contribution < -0.4 is 10.6 Å². The highest BCUT2D eigenvalue weighted by molar-refractivity contribution is 6.30. The number of amides is 3. The van der Waals surface area contributed by atoms with Gasteiger partial charge >= 0.3 is 6.03 Å². The molecule has 5 nitrogen and oxygen atoms in total. The van der Waals surface area contributed by atoms with Crippen LogP contribution in [0.15, 0.2) is 24.3 Å². The van der Waals surface area contributed by atoms with Crippen molar-refractivity contribution in [3.63, 3.8) is 0 Å². The summed E-state index contributed by atoms with van der Waals surface area (Å²) in [5.74, 6) is -0.0746. The maximum Gasteiger partial charge on any atom is 0.318 e. The third-order valence-electron chi connectivity index (χ3n) is 4.37. The number of urea groups is 1. The zero-order chi connectivity index (χ0) is 15.5. The first-order valence-electron chi connectivity index (χ1n) is 7.75. The van der Waals surface area contributed by atoms with Gasteiger partial charge in [0.15, 0.2) is 0 Å². The van der Waals surface area contributed by atoms with Crippen molar-refractivity contribution in [2.24, 2.45) is 0 Å². The van der Waals surface area contributed by atoms with Crippen LogP contribution in [0, 0.1) is 0 Å². The van der Waals surface area contributed by atoms with Gasteiger partial charge in [-0.2, -0.15) is 0 Å². The molecule has 2 aliphatic rings. The molecular weight excluding hydrogens is 302 g/mol. The molecule has 0 bridgehead atoms. The highest BCUT2D eigenvalue weighted by Crippen LogP contribution is 2.33. The summed E-state index contributed by atoms with van der Waals surface area (Å²) in [7, 11) is 0. The molecule has 2 fully saturated rings. The van der Waals surface area contributed by atoms with Gasteiger partial charge in [-0.15, -0.1) is 0 Å². The van der Waals surface area contributed by atoms with Crippen LogP contribution in [0.3, 0.4) is 0 Å². The molecular formula is C16H20ClN3O2. The molecule has 0 aromatic heterocycles. The third-order valence-corrected chi connectivity index (χ3v) is 4.62. The van der Waals surface area contributed by atoms with E-state index >= 15 is 0 Å². The van der Waals surface area contributed by atoms with E-state index < -0.39 is 6.04 Å². The Morgan fingerprint density at radius 2 is 2.00 bits per heavy atom. The van der Waals surface area contributed by atoms with Crippen LogP contribution in [0.25, 0.3) is 0 Å². The van der Waals surface area contributed by atoms with Crippen LogP contribution >= 0.6 is 11.6 Å². The normalized spacial score (nSPS) is 25.0. The van der Waals surface area contributed by atoms with Crippen LogP contribution in [-0.4, -0.2) is 36.0 Å². The molecule has 0 aliphatic carbocycles. The minimum atomic E-state index is -0.415. The molecule has 2 N–H and O–H groups in total. The van der Waals surface area contributed by atoms with Crippen LogP contribution in [0.1, 0.15) is 37.3 Å². The smallest absolute Gasteiger partial charge is 0.318 e. The van der Waals surface area contributed by atoms with Crippen molar-refractivity contribution in [1.29, 1.82) is 0 Å². The molecule has 2 heterocycles. The summed E-state index contributed by atoms with van der Waals surface area (Å²) in [4.78, 5) is 26.1. The Kier molecular flexibility index (Phi) is 4.52. The fraction of sp³-hybridized carbons (Fsp3) is 0.500. The zero-order valence-electron chi connectivity index (χ0n) is 12.3. The summed E-state index contributed by atoms with van der Waals surface area (Å²) in [6.45, 7) is 1.41. The van der Waals surface area contributed by atoms with Crippen molar-refractivity contribution in [2.75, 3.05) is 13.1 Å². The molecule has 3 amide bonds. The van der Waals surface area contributed by atoms with Gasteiger partial charge in [-0.3, -0.25) is 4.79 Å². The van der Waals surface area contributed by atoms with Crippen molar-refractivity contribution in [1.82, 2.24) is 15.5 Å². The first kappa shape index (κ1) is 15.2. The van der Waals surface area contributed by atoms with Crippen LogP contribution in [0.4, 0.5) is 4.79 Å². The second kappa shape index (κ2) is 6.57. The predicted octanol–water partition coefficient (Wildman–Crippen LogP) is 2.47. The van der Waals surface area contributed by atoms with Gasteiger partial charge in [0.05, 0.1) is 6.04 Å². The number of nitrogens with zero attached hydrogens (tertiary/aromatic N) is 1. The van der Waals surface area contributed by atoms with E-state index in [1.165, 1.54) is 0 Å². The van der Waals surface area contributed by atoms with Gasteiger partial charge in [-0.05, 0) is 43.4 Å². The van der Waals surface area contributed by atoms with Crippen molar-refractivity contribution in [3.05, 3.63) is 34.9 Å². The first-order valence-corrected chi connectivity index (χ1v) is 8.13. The molecule has 0 unspecified atom stereocenters. The lowest BCUT2D eigenvalue weighted by molar-refractivity contribution is -0.122. The Bertz CT molecular complexity index is 561. The van der Waals surface area contributed by atoms with Gasteiger partial charge < -0.3 is 15.5 Å². The Morgan fingerprint density at radius 3 is 2.68 bits per heavy atom. The number of halogens is 1. The molecule has 2 aliphatic heterocycles. The quantitative estimate of drug-likeness (QED) is 0.879. The van der Waals surface area contributed by atoms with Crippen molar-refractivity contribution in [2.45, 2.75) is 37.8 Å². The molecule has 1 aromatic rings. The van der Waals surface area contributed by atoms with Crippen molar-refractivity contribution in [3.8, 4) is 0 Å². The largest absolute Gasteiger partial charge is 0.354 e. The highest BCUT2D eigenvalue weighted by atomic mass is 35.5. The van der Waals surface area contributed by atoms with E-state index in [2.05, 4.69) is 10.6 Å². The minimum absolute atomic E-state index is 0.0746. The lowest BCUT2D eigenvalue weighted by Gasteiger charge is -2.41. The van der Waals surface area contributed by atoms with E-state index in [0.717, 1.165) is 24.8 Å². The fourth-order valence-corrected chi connectivity index (χ4v) is 3.10. The van der Waals surface area contributed by atoms with E-state index in [9.17, 15) is 9.59 Å². The van der Waals surface area contributed by atoms with Gasteiger partial charge in [-0.1, -0.05) is 23.7 Å². The Morgan fingerprint density at radius 1 is 1.23 bits per heavy atom. The van der Waals surface area contributed by atoms with Gasteiger partial charge in [-0.25, -0.2) is 4.79 Å².